The molecule has 4 rings (SSSR count). The lowest BCUT2D eigenvalue weighted by Crippen LogP contribution is -2.43. The molecule has 0 unspecified atom stereocenters. The highest BCUT2D eigenvalue weighted by Gasteiger charge is 2.24. The van der Waals surface area contributed by atoms with Crippen LogP contribution in [-0.2, 0) is 6.42 Å². The van der Waals surface area contributed by atoms with Crippen LogP contribution >= 0.6 is 11.3 Å². The Bertz CT molecular complexity index is 565. The van der Waals surface area contributed by atoms with Crippen molar-refractivity contribution in [2.75, 3.05) is 13.1 Å². The van der Waals surface area contributed by atoms with Crippen molar-refractivity contribution in [3.8, 4) is 0 Å². The lowest BCUT2D eigenvalue weighted by molar-refractivity contribution is 0.345. The summed E-state index contributed by atoms with van der Waals surface area (Å²) in [4.78, 5) is 0.975. The van der Waals surface area contributed by atoms with Gasteiger partial charge in [0.05, 0.1) is 0 Å². The molecule has 0 aromatic carbocycles. The molecule has 19 heavy (non-hydrogen) atoms. The average molecular weight is 277 g/mol. The van der Waals surface area contributed by atoms with Gasteiger partial charge in [-0.05, 0) is 31.8 Å². The summed E-state index contributed by atoms with van der Waals surface area (Å²) in [5, 5.41) is 18.0. The van der Waals surface area contributed by atoms with Crippen LogP contribution in [0.5, 0.6) is 0 Å². The van der Waals surface area contributed by atoms with Gasteiger partial charge in [0.25, 0.3) is 0 Å². The smallest absolute Gasteiger partial charge is 0.234 e. The van der Waals surface area contributed by atoms with Crippen molar-refractivity contribution in [3.05, 3.63) is 10.8 Å². The van der Waals surface area contributed by atoms with Crippen LogP contribution in [0.2, 0.25) is 0 Å². The molecule has 5 nitrogen and oxygen atoms in total. The molecule has 3 heterocycles. The number of fused-ring (bicyclic) bond motifs is 1. The van der Waals surface area contributed by atoms with Gasteiger partial charge in [-0.3, -0.25) is 0 Å². The maximum atomic E-state index is 4.75. The van der Waals surface area contributed by atoms with Crippen molar-refractivity contribution in [1.29, 1.82) is 0 Å². The second-order valence-electron chi connectivity index (χ2n) is 5.81. The largest absolute Gasteiger partial charge is 0.316 e. The van der Waals surface area contributed by atoms with Crippen molar-refractivity contribution in [3.63, 3.8) is 0 Å². The second kappa shape index (κ2) is 4.83. The summed E-state index contributed by atoms with van der Waals surface area (Å²) >= 11 is 1.71. The molecule has 1 aliphatic heterocycles. The second-order valence-corrected chi connectivity index (χ2v) is 6.85. The fraction of sp³-hybridized carbons (Fsp3) is 0.769. The minimum absolute atomic E-state index is 0.573. The zero-order valence-electron chi connectivity index (χ0n) is 11.0. The molecule has 102 valence electrons. The fourth-order valence-corrected chi connectivity index (χ4v) is 4.06. The molecule has 0 atom stereocenters. The minimum Gasteiger partial charge on any atom is -0.316 e. The molecule has 2 fully saturated rings. The van der Waals surface area contributed by atoms with Gasteiger partial charge in [-0.15, -0.1) is 10.2 Å². The van der Waals surface area contributed by atoms with Crippen LogP contribution in [0.25, 0.3) is 4.96 Å². The molecule has 1 aliphatic carbocycles. The standard InChI is InChI=1S/C13H19N5S/c1-2-4-10(5-3-1)12-15-16-13-18(12)17-11(19-13)6-9-7-14-8-9/h9-10,14H,1-8H2. The summed E-state index contributed by atoms with van der Waals surface area (Å²) in [5.74, 6) is 2.44. The van der Waals surface area contributed by atoms with Gasteiger partial charge in [-0.2, -0.15) is 9.61 Å². The minimum atomic E-state index is 0.573. The maximum Gasteiger partial charge on any atom is 0.234 e. The van der Waals surface area contributed by atoms with Crippen LogP contribution in [-0.4, -0.2) is 32.9 Å². The van der Waals surface area contributed by atoms with Crippen LogP contribution in [0.3, 0.4) is 0 Å². The molecule has 2 aliphatic rings. The van der Waals surface area contributed by atoms with E-state index in [-0.39, 0.29) is 0 Å². The van der Waals surface area contributed by atoms with Gasteiger partial charge in [0.2, 0.25) is 4.96 Å². The molecule has 1 saturated heterocycles. The Morgan fingerprint density at radius 1 is 1.16 bits per heavy atom. The van der Waals surface area contributed by atoms with Crippen LogP contribution in [0.15, 0.2) is 0 Å². The highest BCUT2D eigenvalue weighted by atomic mass is 32.1. The van der Waals surface area contributed by atoms with E-state index in [1.807, 2.05) is 4.52 Å². The number of hydrogen-bond acceptors (Lipinski definition) is 5. The summed E-state index contributed by atoms with van der Waals surface area (Å²) in [6.07, 6.45) is 7.61. The number of hydrogen-bond donors (Lipinski definition) is 1. The van der Waals surface area contributed by atoms with Crippen molar-refractivity contribution < 1.29 is 0 Å². The third kappa shape index (κ3) is 2.17. The Hall–Kier alpha value is -1.01. The van der Waals surface area contributed by atoms with E-state index in [1.54, 1.807) is 11.3 Å². The molecular formula is C13H19N5S. The van der Waals surface area contributed by atoms with E-state index >= 15 is 0 Å². The topological polar surface area (TPSA) is 55.1 Å². The zero-order chi connectivity index (χ0) is 12.7. The van der Waals surface area contributed by atoms with E-state index in [0.29, 0.717) is 5.92 Å². The van der Waals surface area contributed by atoms with Crippen LogP contribution in [0, 0.1) is 5.92 Å². The first kappa shape index (κ1) is 11.8. The lowest BCUT2D eigenvalue weighted by atomic mass is 9.89. The van der Waals surface area contributed by atoms with Gasteiger partial charge in [0, 0.05) is 12.3 Å². The molecule has 0 amide bonds. The molecule has 1 N–H and O–H groups in total. The summed E-state index contributed by atoms with van der Waals surface area (Å²) in [6, 6.07) is 0. The summed E-state index contributed by atoms with van der Waals surface area (Å²) in [7, 11) is 0. The first-order chi connectivity index (χ1) is 9.40. The SMILES string of the molecule is C1CCC(c2nnc3sc(CC4CNC4)nn23)CC1. The first-order valence-electron chi connectivity index (χ1n) is 7.32. The average Bonchev–Trinajstić information content (AvgIpc) is 2.94. The van der Waals surface area contributed by atoms with Gasteiger partial charge >= 0.3 is 0 Å². The number of rotatable bonds is 3. The molecule has 6 heteroatoms. The maximum absolute atomic E-state index is 4.75. The van der Waals surface area contributed by atoms with Gasteiger partial charge < -0.3 is 5.32 Å². The predicted molar refractivity (Wildman–Crippen MR) is 74.5 cm³/mol. The van der Waals surface area contributed by atoms with Gasteiger partial charge in [-0.1, -0.05) is 30.6 Å². The Balaban J connectivity index is 1.60. The molecule has 2 aromatic rings. The zero-order valence-corrected chi connectivity index (χ0v) is 11.8. The summed E-state index contributed by atoms with van der Waals surface area (Å²) in [5.41, 5.74) is 0. The van der Waals surface area contributed by atoms with E-state index in [4.69, 9.17) is 5.10 Å². The van der Waals surface area contributed by atoms with E-state index in [0.717, 1.165) is 36.2 Å². The monoisotopic (exact) mass is 277 g/mol. The first-order valence-corrected chi connectivity index (χ1v) is 8.13. The predicted octanol–water partition coefficient (Wildman–Crippen LogP) is 2.00. The Labute approximate surface area is 116 Å². The molecule has 0 radical (unpaired) electrons. The molecule has 2 aromatic heterocycles. The van der Waals surface area contributed by atoms with Crippen molar-refractivity contribution in [2.45, 2.75) is 44.4 Å². The molecule has 1 saturated carbocycles. The summed E-state index contributed by atoms with van der Waals surface area (Å²) in [6.45, 7) is 2.27. The van der Waals surface area contributed by atoms with E-state index in [2.05, 4.69) is 15.5 Å². The van der Waals surface area contributed by atoms with Crippen molar-refractivity contribution in [1.82, 2.24) is 25.1 Å². The van der Waals surface area contributed by atoms with Crippen LogP contribution < -0.4 is 5.32 Å². The highest BCUT2D eigenvalue weighted by molar-refractivity contribution is 7.16. The number of aromatic nitrogens is 4. The third-order valence-electron chi connectivity index (χ3n) is 4.36. The van der Waals surface area contributed by atoms with Crippen molar-refractivity contribution in [2.24, 2.45) is 5.92 Å². The normalized spacial score (nSPS) is 21.9. The molecule has 0 spiro atoms. The number of nitrogens with one attached hydrogen (secondary N) is 1. The van der Waals surface area contributed by atoms with Crippen molar-refractivity contribution >= 4 is 16.3 Å². The Kier molecular flexibility index (Phi) is 3.00. The fourth-order valence-electron chi connectivity index (χ4n) is 3.11. The summed E-state index contributed by atoms with van der Waals surface area (Å²) < 4.78 is 2.02. The van der Waals surface area contributed by atoms with E-state index in [9.17, 15) is 0 Å². The van der Waals surface area contributed by atoms with Gasteiger partial charge in [-0.25, -0.2) is 0 Å². The molecule has 0 bridgehead atoms. The number of nitrogens with zero attached hydrogens (tertiary/aromatic N) is 4. The molecular weight excluding hydrogens is 258 g/mol. The Morgan fingerprint density at radius 3 is 2.74 bits per heavy atom. The van der Waals surface area contributed by atoms with Gasteiger partial charge in [0.1, 0.15) is 5.01 Å². The third-order valence-corrected chi connectivity index (χ3v) is 5.28. The van der Waals surface area contributed by atoms with E-state index < -0.39 is 0 Å². The van der Waals surface area contributed by atoms with Gasteiger partial charge in [0.15, 0.2) is 5.82 Å². The lowest BCUT2D eigenvalue weighted by Gasteiger charge is -2.25. The van der Waals surface area contributed by atoms with Crippen LogP contribution in [0.1, 0.15) is 48.9 Å². The quantitative estimate of drug-likeness (QED) is 0.932. The Morgan fingerprint density at radius 2 is 2.00 bits per heavy atom. The highest BCUT2D eigenvalue weighted by Crippen LogP contribution is 2.32. The van der Waals surface area contributed by atoms with Crippen LogP contribution in [0.4, 0.5) is 0 Å². The van der Waals surface area contributed by atoms with E-state index in [1.165, 1.54) is 37.1 Å².